The first kappa shape index (κ1) is 24.7. The van der Waals surface area contributed by atoms with Gasteiger partial charge in [-0.15, -0.1) is 0 Å². The van der Waals surface area contributed by atoms with Gasteiger partial charge in [-0.3, -0.25) is 0 Å². The summed E-state index contributed by atoms with van der Waals surface area (Å²) in [6.07, 6.45) is 9.47. The largest absolute Gasteiger partial charge is 0.508 e. The van der Waals surface area contributed by atoms with Crippen molar-refractivity contribution >= 4 is 0 Å². The quantitative estimate of drug-likeness (QED) is 0.479. The molecule has 1 aromatic carbocycles. The van der Waals surface area contributed by atoms with Gasteiger partial charge in [-0.05, 0) is 118 Å². The number of aliphatic hydroxyl groups excluding tert-OH is 1. The summed E-state index contributed by atoms with van der Waals surface area (Å²) >= 11 is 0. The van der Waals surface area contributed by atoms with Crippen LogP contribution in [-0.4, -0.2) is 40.6 Å². The van der Waals surface area contributed by atoms with Crippen molar-refractivity contribution in [1.82, 2.24) is 5.32 Å². The fourth-order valence-corrected chi connectivity index (χ4v) is 9.90. The van der Waals surface area contributed by atoms with E-state index >= 15 is 0 Å². The zero-order valence-electron chi connectivity index (χ0n) is 22.3. The number of rotatable bonds is 4. The second-order valence-corrected chi connectivity index (χ2v) is 13.1. The molecule has 36 heavy (non-hydrogen) atoms. The Hall–Kier alpha value is -1.58. The van der Waals surface area contributed by atoms with Crippen LogP contribution in [-0.2, 0) is 24.1 Å². The number of ether oxygens (including phenoxy) is 1. The van der Waals surface area contributed by atoms with E-state index in [4.69, 9.17) is 10.5 Å². The lowest BCUT2D eigenvalue weighted by molar-refractivity contribution is -0.346. The Labute approximate surface area is 216 Å². The highest BCUT2D eigenvalue weighted by Gasteiger charge is 2.73. The molecule has 196 valence electrons. The van der Waals surface area contributed by atoms with Crippen molar-refractivity contribution in [3.63, 3.8) is 0 Å². The molecule has 5 N–H and O–H groups in total. The van der Waals surface area contributed by atoms with Crippen LogP contribution < -0.4 is 11.1 Å². The lowest BCUT2D eigenvalue weighted by Crippen LogP contribution is -2.81. The fourth-order valence-electron chi connectivity index (χ4n) is 9.90. The second kappa shape index (κ2) is 8.73. The third kappa shape index (κ3) is 3.44. The molecule has 7 rings (SSSR count). The predicted molar refractivity (Wildman–Crippen MR) is 141 cm³/mol. The smallest absolute Gasteiger partial charge is 0.116 e. The molecule has 4 aliphatic carbocycles. The van der Waals surface area contributed by atoms with Gasteiger partial charge in [-0.2, -0.15) is 0 Å². The Balaban J connectivity index is 1.55. The van der Waals surface area contributed by atoms with Crippen molar-refractivity contribution in [2.75, 3.05) is 13.7 Å². The van der Waals surface area contributed by atoms with Crippen LogP contribution >= 0.6 is 0 Å². The summed E-state index contributed by atoms with van der Waals surface area (Å²) in [4.78, 5) is 0. The topological polar surface area (TPSA) is 87.7 Å². The van der Waals surface area contributed by atoms with Gasteiger partial charge in [0.2, 0.25) is 0 Å². The Morgan fingerprint density at radius 1 is 1.19 bits per heavy atom. The minimum atomic E-state index is -0.554. The fraction of sp³-hybridized carbons (Fsp3) is 0.742. The average molecular weight is 493 g/mol. The van der Waals surface area contributed by atoms with Crippen LogP contribution in [0.3, 0.4) is 0 Å². The van der Waals surface area contributed by atoms with Crippen molar-refractivity contribution in [1.29, 1.82) is 0 Å². The van der Waals surface area contributed by atoms with Crippen molar-refractivity contribution in [3.05, 3.63) is 28.8 Å². The number of phenolic OH excluding ortho intramolecular Hbond substituents is 1. The maximum atomic E-state index is 10.6. The lowest BCUT2D eigenvalue weighted by atomic mass is 9.41. The number of nitrogens with one attached hydrogen (secondary N) is 1. The van der Waals surface area contributed by atoms with Crippen LogP contribution in [0, 0.1) is 47.3 Å². The molecular formula is C31H44N2O3. The van der Waals surface area contributed by atoms with E-state index in [-0.39, 0.29) is 29.6 Å². The number of benzene rings is 1. The van der Waals surface area contributed by atoms with Gasteiger partial charge in [0.25, 0.3) is 0 Å². The number of aliphatic hydroxyl groups is 1. The second-order valence-electron chi connectivity index (χ2n) is 13.1. The van der Waals surface area contributed by atoms with Crippen molar-refractivity contribution in [2.24, 2.45) is 41.2 Å². The molecule has 0 radical (unpaired) electrons. The zero-order valence-corrected chi connectivity index (χ0v) is 22.3. The van der Waals surface area contributed by atoms with E-state index in [0.29, 0.717) is 42.3 Å². The summed E-state index contributed by atoms with van der Waals surface area (Å²) in [7, 11) is 1.97. The minimum absolute atomic E-state index is 0.0730. The summed E-state index contributed by atoms with van der Waals surface area (Å²) < 4.78 is 7.34. The summed E-state index contributed by atoms with van der Waals surface area (Å²) in [5, 5.41) is 24.1. The maximum Gasteiger partial charge on any atom is 0.116 e. The molecule has 5 nitrogen and oxygen atoms in total. The molecule has 2 saturated heterocycles. The number of fused-ring (bicyclic) bond motifs is 2. The normalized spacial score (nSPS) is 42.0. The molecule has 8 atom stereocenters. The van der Waals surface area contributed by atoms with E-state index in [1.54, 1.807) is 0 Å². The van der Waals surface area contributed by atoms with Crippen LogP contribution in [0.5, 0.6) is 5.75 Å². The standard InChI is InChI=1S/C31H44N2O3/c1-29(2)28-17-22-10-11-24-20-6-4-8-26(24)31(22,36-29)27(30(28,32)12-13-34)9-5-7-19-14-23(35)15-21(18-33-3)25(19)16-20/h14-15,20,22,24,26-28,33-35H,4,6-8,10-13,16-18,32H2,1-3H3. The van der Waals surface area contributed by atoms with Gasteiger partial charge in [-0.25, -0.2) is 0 Å². The zero-order chi connectivity index (χ0) is 25.3. The molecule has 0 aromatic heterocycles. The average Bonchev–Trinajstić information content (AvgIpc) is 2.82. The van der Waals surface area contributed by atoms with E-state index in [1.807, 2.05) is 19.2 Å². The van der Waals surface area contributed by atoms with E-state index in [9.17, 15) is 10.2 Å². The van der Waals surface area contributed by atoms with Crippen molar-refractivity contribution in [2.45, 2.75) is 94.9 Å². The highest BCUT2D eigenvalue weighted by Crippen LogP contribution is 2.68. The van der Waals surface area contributed by atoms with Gasteiger partial charge in [0.15, 0.2) is 0 Å². The van der Waals surface area contributed by atoms with Gasteiger partial charge < -0.3 is 26.0 Å². The van der Waals surface area contributed by atoms with Gasteiger partial charge in [0.1, 0.15) is 5.75 Å². The molecule has 3 saturated carbocycles. The van der Waals surface area contributed by atoms with Gasteiger partial charge in [0.05, 0.1) is 17.1 Å². The van der Waals surface area contributed by atoms with E-state index < -0.39 is 5.54 Å². The Morgan fingerprint density at radius 2 is 2.03 bits per heavy atom. The first-order valence-electron chi connectivity index (χ1n) is 14.3. The van der Waals surface area contributed by atoms with Crippen LogP contribution in [0.25, 0.3) is 0 Å². The number of phenols is 1. The third-order valence-electron chi connectivity index (χ3n) is 11.0. The molecule has 2 heterocycles. The monoisotopic (exact) mass is 492 g/mol. The van der Waals surface area contributed by atoms with Crippen molar-refractivity contribution in [3.8, 4) is 17.6 Å². The first-order valence-corrected chi connectivity index (χ1v) is 14.3. The lowest BCUT2D eigenvalue weighted by Gasteiger charge is -2.73. The molecule has 2 aliphatic heterocycles. The van der Waals surface area contributed by atoms with E-state index in [1.165, 1.54) is 43.2 Å². The number of hydrogen-bond acceptors (Lipinski definition) is 5. The highest BCUT2D eigenvalue weighted by molar-refractivity contribution is 5.45. The van der Waals surface area contributed by atoms with Gasteiger partial charge in [0, 0.05) is 31.0 Å². The highest BCUT2D eigenvalue weighted by atomic mass is 16.5. The molecule has 1 spiro atoms. The summed E-state index contributed by atoms with van der Waals surface area (Å²) in [5.41, 5.74) is 9.96. The summed E-state index contributed by atoms with van der Waals surface area (Å²) in [6.45, 7) is 5.32. The summed E-state index contributed by atoms with van der Waals surface area (Å²) in [5.74, 6) is 9.92. The Bertz CT molecular complexity index is 1090. The van der Waals surface area contributed by atoms with Crippen LogP contribution in [0.4, 0.5) is 0 Å². The van der Waals surface area contributed by atoms with Gasteiger partial charge in [-0.1, -0.05) is 18.3 Å². The SMILES string of the molecule is CNCc1cc(O)cc2c1CC1CCCC3C1CCC1CC4C(C)(C)OC13C(C#CC2)C4(N)CCO. The molecule has 5 fully saturated rings. The molecular weight excluding hydrogens is 448 g/mol. The molecule has 6 aliphatic rings. The van der Waals surface area contributed by atoms with Crippen LogP contribution in [0.2, 0.25) is 0 Å². The molecule has 0 amide bonds. The summed E-state index contributed by atoms with van der Waals surface area (Å²) in [6, 6.07) is 3.88. The molecule has 5 bridgehead atoms. The molecule has 5 heteroatoms. The number of nitrogens with two attached hydrogens (primary N) is 1. The molecule has 1 aromatic rings. The predicted octanol–water partition coefficient (Wildman–Crippen LogP) is 3.92. The Morgan fingerprint density at radius 3 is 2.81 bits per heavy atom. The van der Waals surface area contributed by atoms with E-state index in [2.05, 4.69) is 31.0 Å². The van der Waals surface area contributed by atoms with E-state index in [0.717, 1.165) is 24.9 Å². The van der Waals surface area contributed by atoms with Gasteiger partial charge >= 0.3 is 0 Å². The Kier molecular flexibility index (Phi) is 6.00. The minimum Gasteiger partial charge on any atom is -0.508 e. The third-order valence-corrected chi connectivity index (χ3v) is 11.0. The van der Waals surface area contributed by atoms with Crippen LogP contribution in [0.15, 0.2) is 12.1 Å². The maximum absolute atomic E-state index is 10.6. The first-order chi connectivity index (χ1) is 17.2. The molecule has 8 unspecified atom stereocenters. The number of aromatic hydroxyl groups is 1. The van der Waals surface area contributed by atoms with Crippen LogP contribution in [0.1, 0.15) is 75.5 Å². The van der Waals surface area contributed by atoms with Crippen molar-refractivity contribution < 1.29 is 14.9 Å². The number of hydrogen-bond donors (Lipinski definition) is 4.